The number of methoxy groups -OCH3 is 1. The minimum atomic E-state index is 0. The van der Waals surface area contributed by atoms with Crippen LogP contribution in [0.3, 0.4) is 0 Å². The summed E-state index contributed by atoms with van der Waals surface area (Å²) in [5.74, 6) is 1.70. The van der Waals surface area contributed by atoms with Crippen molar-refractivity contribution in [2.45, 2.75) is 19.9 Å². The van der Waals surface area contributed by atoms with E-state index in [4.69, 9.17) is 4.74 Å². The van der Waals surface area contributed by atoms with E-state index < -0.39 is 0 Å². The maximum Gasteiger partial charge on any atom is 0.191 e. The van der Waals surface area contributed by atoms with Crippen molar-refractivity contribution in [3.8, 4) is 5.75 Å². The zero-order valence-electron chi connectivity index (χ0n) is 14.3. The molecule has 130 valence electrons. The van der Waals surface area contributed by atoms with Gasteiger partial charge in [0.2, 0.25) is 0 Å². The number of aliphatic imine (C=N–C) groups is 1. The van der Waals surface area contributed by atoms with Crippen LogP contribution in [0.5, 0.6) is 5.75 Å². The second-order valence-corrected chi connectivity index (χ2v) is 5.17. The lowest BCUT2D eigenvalue weighted by Gasteiger charge is -2.12. The molecule has 5 heteroatoms. The fourth-order valence-corrected chi connectivity index (χ4v) is 2.31. The van der Waals surface area contributed by atoms with E-state index in [1.165, 1.54) is 5.56 Å². The van der Waals surface area contributed by atoms with E-state index in [0.29, 0.717) is 6.54 Å². The fraction of sp³-hybridized carbons (Fsp3) is 0.316. The number of para-hydroxylation sites is 1. The highest BCUT2D eigenvalue weighted by Crippen LogP contribution is 2.17. The molecular formula is C19H26IN3O. The van der Waals surface area contributed by atoms with E-state index in [0.717, 1.165) is 36.8 Å². The first-order chi connectivity index (χ1) is 11.3. The lowest BCUT2D eigenvalue weighted by molar-refractivity contribution is 0.410. The molecule has 0 aromatic heterocycles. The van der Waals surface area contributed by atoms with Crippen LogP contribution in [0.2, 0.25) is 0 Å². The summed E-state index contributed by atoms with van der Waals surface area (Å²) in [4.78, 5) is 4.64. The van der Waals surface area contributed by atoms with Crippen molar-refractivity contribution in [2.24, 2.45) is 4.99 Å². The number of benzene rings is 2. The van der Waals surface area contributed by atoms with Crippen LogP contribution in [0.25, 0.3) is 0 Å². The maximum absolute atomic E-state index is 5.37. The summed E-state index contributed by atoms with van der Waals surface area (Å²) in [6, 6.07) is 18.4. The number of ether oxygens (including phenoxy) is 1. The third kappa shape index (κ3) is 6.78. The van der Waals surface area contributed by atoms with Gasteiger partial charge >= 0.3 is 0 Å². The Kier molecular flexibility index (Phi) is 9.91. The van der Waals surface area contributed by atoms with Gasteiger partial charge in [0, 0.05) is 18.7 Å². The van der Waals surface area contributed by atoms with E-state index >= 15 is 0 Å². The number of guanidine groups is 1. The largest absolute Gasteiger partial charge is 0.496 e. The molecule has 0 fully saturated rings. The molecule has 0 radical (unpaired) electrons. The zero-order chi connectivity index (χ0) is 16.3. The van der Waals surface area contributed by atoms with Gasteiger partial charge in [-0.05, 0) is 25.0 Å². The monoisotopic (exact) mass is 439 g/mol. The van der Waals surface area contributed by atoms with Crippen molar-refractivity contribution in [2.75, 3.05) is 20.2 Å². The lowest BCUT2D eigenvalue weighted by Crippen LogP contribution is -2.38. The first-order valence-corrected chi connectivity index (χ1v) is 8.01. The quantitative estimate of drug-likeness (QED) is 0.394. The van der Waals surface area contributed by atoms with E-state index in [9.17, 15) is 0 Å². The first kappa shape index (κ1) is 20.3. The van der Waals surface area contributed by atoms with E-state index in [-0.39, 0.29) is 24.0 Å². The molecule has 2 aromatic rings. The van der Waals surface area contributed by atoms with Crippen LogP contribution < -0.4 is 15.4 Å². The molecule has 2 rings (SSSR count). The van der Waals surface area contributed by atoms with Gasteiger partial charge < -0.3 is 15.4 Å². The van der Waals surface area contributed by atoms with Crippen LogP contribution in [0.15, 0.2) is 59.6 Å². The normalized spacial score (nSPS) is 10.7. The van der Waals surface area contributed by atoms with Gasteiger partial charge in [-0.2, -0.15) is 0 Å². The third-order valence-corrected chi connectivity index (χ3v) is 3.49. The Morgan fingerprint density at radius 3 is 2.42 bits per heavy atom. The molecule has 4 nitrogen and oxygen atoms in total. The Morgan fingerprint density at radius 2 is 1.71 bits per heavy atom. The molecule has 0 aliphatic heterocycles. The molecular weight excluding hydrogens is 413 g/mol. The van der Waals surface area contributed by atoms with Crippen molar-refractivity contribution >= 4 is 29.9 Å². The van der Waals surface area contributed by atoms with Crippen molar-refractivity contribution in [3.05, 3.63) is 65.7 Å². The molecule has 0 saturated carbocycles. The summed E-state index contributed by atoms with van der Waals surface area (Å²) < 4.78 is 5.37. The Labute approximate surface area is 161 Å². The Balaban J connectivity index is 0.00000288. The minimum Gasteiger partial charge on any atom is -0.496 e. The van der Waals surface area contributed by atoms with Gasteiger partial charge in [-0.3, -0.25) is 0 Å². The highest BCUT2D eigenvalue weighted by molar-refractivity contribution is 14.0. The van der Waals surface area contributed by atoms with Crippen LogP contribution in [0, 0.1) is 0 Å². The predicted molar refractivity (Wildman–Crippen MR) is 111 cm³/mol. The first-order valence-electron chi connectivity index (χ1n) is 8.01. The Bertz CT molecular complexity index is 617. The second kappa shape index (κ2) is 11.7. The molecule has 0 unspecified atom stereocenters. The van der Waals surface area contributed by atoms with E-state index in [2.05, 4.69) is 46.8 Å². The summed E-state index contributed by atoms with van der Waals surface area (Å²) in [5, 5.41) is 6.65. The molecule has 24 heavy (non-hydrogen) atoms. The number of rotatable bonds is 7. The summed E-state index contributed by atoms with van der Waals surface area (Å²) in [7, 11) is 1.69. The molecule has 0 spiro atoms. The minimum absolute atomic E-state index is 0. The molecule has 0 aliphatic carbocycles. The van der Waals surface area contributed by atoms with Gasteiger partial charge in [-0.25, -0.2) is 4.99 Å². The average molecular weight is 439 g/mol. The summed E-state index contributed by atoms with van der Waals surface area (Å²) in [6.07, 6.45) is 0.972. The van der Waals surface area contributed by atoms with Gasteiger partial charge in [0.05, 0.1) is 13.7 Å². The summed E-state index contributed by atoms with van der Waals surface area (Å²) >= 11 is 0. The maximum atomic E-state index is 5.37. The molecule has 0 atom stereocenters. The second-order valence-electron chi connectivity index (χ2n) is 5.17. The Hall–Kier alpha value is -1.76. The number of hydrogen-bond acceptors (Lipinski definition) is 2. The van der Waals surface area contributed by atoms with E-state index in [1.54, 1.807) is 7.11 Å². The average Bonchev–Trinajstić information content (AvgIpc) is 2.61. The van der Waals surface area contributed by atoms with Crippen LogP contribution in [-0.2, 0) is 13.0 Å². The zero-order valence-corrected chi connectivity index (χ0v) is 16.6. The number of nitrogens with zero attached hydrogens (tertiary/aromatic N) is 1. The van der Waals surface area contributed by atoms with E-state index in [1.807, 2.05) is 30.3 Å². The number of nitrogens with one attached hydrogen (secondary N) is 2. The molecule has 2 N–H and O–H groups in total. The van der Waals surface area contributed by atoms with Crippen molar-refractivity contribution < 1.29 is 4.74 Å². The van der Waals surface area contributed by atoms with Crippen molar-refractivity contribution in [1.29, 1.82) is 0 Å². The topological polar surface area (TPSA) is 45.7 Å². The lowest BCUT2D eigenvalue weighted by atomic mass is 10.1. The SMILES string of the molecule is CCNC(=NCc1ccccc1OC)NCCc1ccccc1.I. The molecule has 0 bridgehead atoms. The summed E-state index contributed by atoms with van der Waals surface area (Å²) in [6.45, 7) is 4.34. The molecule has 2 aromatic carbocycles. The van der Waals surface area contributed by atoms with Gasteiger partial charge in [0.15, 0.2) is 5.96 Å². The number of hydrogen-bond donors (Lipinski definition) is 2. The molecule has 0 heterocycles. The fourth-order valence-electron chi connectivity index (χ4n) is 2.31. The van der Waals surface area contributed by atoms with Crippen molar-refractivity contribution in [3.63, 3.8) is 0 Å². The van der Waals surface area contributed by atoms with Crippen LogP contribution in [-0.4, -0.2) is 26.2 Å². The third-order valence-electron chi connectivity index (χ3n) is 3.49. The van der Waals surface area contributed by atoms with Gasteiger partial charge in [-0.1, -0.05) is 48.5 Å². The van der Waals surface area contributed by atoms with Crippen LogP contribution in [0.1, 0.15) is 18.1 Å². The smallest absolute Gasteiger partial charge is 0.191 e. The van der Waals surface area contributed by atoms with Gasteiger partial charge in [0.25, 0.3) is 0 Å². The number of halogens is 1. The molecule has 0 amide bonds. The highest BCUT2D eigenvalue weighted by Gasteiger charge is 2.02. The van der Waals surface area contributed by atoms with Crippen LogP contribution >= 0.6 is 24.0 Å². The predicted octanol–water partition coefficient (Wildman–Crippen LogP) is 3.61. The van der Waals surface area contributed by atoms with Crippen molar-refractivity contribution in [1.82, 2.24) is 10.6 Å². The van der Waals surface area contributed by atoms with Crippen LogP contribution in [0.4, 0.5) is 0 Å². The highest BCUT2D eigenvalue weighted by atomic mass is 127. The van der Waals surface area contributed by atoms with Gasteiger partial charge in [-0.15, -0.1) is 24.0 Å². The standard InChI is InChI=1S/C19H25N3O.HI/c1-3-20-19(21-14-13-16-9-5-4-6-10-16)22-15-17-11-7-8-12-18(17)23-2;/h4-12H,3,13-15H2,1-2H3,(H2,20,21,22);1H. The van der Waals surface area contributed by atoms with Gasteiger partial charge in [0.1, 0.15) is 5.75 Å². The Morgan fingerprint density at radius 1 is 1.00 bits per heavy atom. The molecule has 0 aliphatic rings. The summed E-state index contributed by atoms with van der Waals surface area (Å²) in [5.41, 5.74) is 2.40. The molecule has 0 saturated heterocycles.